The average molecular weight is 392 g/mol. The van der Waals surface area contributed by atoms with E-state index in [0.29, 0.717) is 5.56 Å². The zero-order valence-electron chi connectivity index (χ0n) is 15.8. The lowest BCUT2D eigenvalue weighted by Gasteiger charge is -2.34. The molecule has 1 amide bonds. The van der Waals surface area contributed by atoms with Crippen molar-refractivity contribution in [1.29, 1.82) is 0 Å². The second-order valence-electron chi connectivity index (χ2n) is 7.62. The van der Waals surface area contributed by atoms with Gasteiger partial charge in [0, 0.05) is 17.5 Å². The number of fused-ring (bicyclic) bond motifs is 1. The summed E-state index contributed by atoms with van der Waals surface area (Å²) >= 11 is 0. The van der Waals surface area contributed by atoms with Gasteiger partial charge in [-0.3, -0.25) is 9.63 Å². The third kappa shape index (κ3) is 4.23. The molecule has 2 N–H and O–H groups in total. The fourth-order valence-electron chi connectivity index (χ4n) is 3.50. The summed E-state index contributed by atoms with van der Waals surface area (Å²) < 4.78 is 29.6. The third-order valence-corrected chi connectivity index (χ3v) is 5.94. The summed E-state index contributed by atoms with van der Waals surface area (Å²) in [5.41, 5.74) is 1.42. The monoisotopic (exact) mass is 392 g/mol. The van der Waals surface area contributed by atoms with Crippen molar-refractivity contribution in [2.45, 2.75) is 44.6 Å². The van der Waals surface area contributed by atoms with Gasteiger partial charge in [-0.2, -0.15) is 0 Å². The Kier molecular flexibility index (Phi) is 5.16. The number of sulfonamides is 1. The number of nitrogens with one attached hydrogen (secondary N) is 2. The highest BCUT2D eigenvalue weighted by Gasteiger charge is 2.35. The molecule has 0 radical (unpaired) electrons. The van der Waals surface area contributed by atoms with E-state index in [4.69, 9.17) is 4.42 Å². The molecule has 0 fully saturated rings. The molecular weight excluding hydrogens is 368 g/mol. The highest BCUT2D eigenvalue weighted by Crippen LogP contribution is 2.42. The number of hydrogen-bond acceptors (Lipinski definition) is 5. The molecule has 0 saturated heterocycles. The quantitative estimate of drug-likeness (QED) is 0.763. The van der Waals surface area contributed by atoms with Crippen molar-refractivity contribution in [2.75, 3.05) is 7.11 Å². The van der Waals surface area contributed by atoms with Gasteiger partial charge in [0.25, 0.3) is 15.9 Å². The van der Waals surface area contributed by atoms with E-state index in [2.05, 4.69) is 24.0 Å². The fourth-order valence-corrected chi connectivity index (χ4v) is 4.31. The Morgan fingerprint density at radius 3 is 2.56 bits per heavy atom. The van der Waals surface area contributed by atoms with E-state index in [1.165, 1.54) is 31.4 Å². The van der Waals surface area contributed by atoms with E-state index in [-0.39, 0.29) is 22.3 Å². The molecule has 1 aromatic heterocycles. The van der Waals surface area contributed by atoms with E-state index < -0.39 is 10.0 Å². The van der Waals surface area contributed by atoms with Gasteiger partial charge in [-0.15, -0.1) is 0 Å². The van der Waals surface area contributed by atoms with Gasteiger partial charge >= 0.3 is 0 Å². The van der Waals surface area contributed by atoms with Gasteiger partial charge in [0.1, 0.15) is 11.5 Å². The summed E-state index contributed by atoms with van der Waals surface area (Å²) in [4.78, 5) is 19.1. The Bertz CT molecular complexity index is 945. The number of aryl methyl sites for hydroxylation is 1. The molecule has 2 aromatic rings. The molecule has 1 heterocycles. The molecule has 0 bridgehead atoms. The molecule has 3 rings (SSSR count). The van der Waals surface area contributed by atoms with E-state index in [9.17, 15) is 13.2 Å². The molecule has 0 spiro atoms. The standard InChI is InChI=1S/C19H24N2O5S/c1-12-9-15-16(10-19(2,3)11-17(15)26-12)20-18(22)13-5-7-14(8-6-13)27(23,24)21-25-4/h5-9,16,21H,10-11H2,1-4H3,(H,20,22)/t16-/m0/s1. The van der Waals surface area contributed by atoms with Crippen LogP contribution >= 0.6 is 0 Å². The van der Waals surface area contributed by atoms with Crippen molar-refractivity contribution in [3.63, 3.8) is 0 Å². The molecule has 1 aliphatic rings. The van der Waals surface area contributed by atoms with Gasteiger partial charge < -0.3 is 9.73 Å². The zero-order chi connectivity index (χ0) is 19.8. The minimum absolute atomic E-state index is 0.0129. The average Bonchev–Trinajstić information content (AvgIpc) is 2.94. The number of rotatable bonds is 5. The summed E-state index contributed by atoms with van der Waals surface area (Å²) in [7, 11) is -2.53. The smallest absolute Gasteiger partial charge is 0.262 e. The Morgan fingerprint density at radius 1 is 1.26 bits per heavy atom. The number of carbonyl (C=O) groups excluding carboxylic acids is 1. The maximum atomic E-state index is 12.7. The lowest BCUT2D eigenvalue weighted by molar-refractivity contribution is 0.0917. The molecule has 1 aliphatic carbocycles. The Hall–Kier alpha value is -2.16. The second kappa shape index (κ2) is 7.10. The van der Waals surface area contributed by atoms with Gasteiger partial charge in [-0.05, 0) is 49.1 Å². The fraction of sp³-hybridized carbons (Fsp3) is 0.421. The van der Waals surface area contributed by atoms with Crippen molar-refractivity contribution < 1.29 is 22.5 Å². The van der Waals surface area contributed by atoms with Gasteiger partial charge in [-0.25, -0.2) is 8.42 Å². The van der Waals surface area contributed by atoms with Gasteiger partial charge in [0.05, 0.1) is 18.0 Å². The lowest BCUT2D eigenvalue weighted by Crippen LogP contribution is -2.36. The van der Waals surface area contributed by atoms with E-state index >= 15 is 0 Å². The van der Waals surface area contributed by atoms with Crippen molar-refractivity contribution in [1.82, 2.24) is 10.2 Å². The molecule has 0 aliphatic heterocycles. The summed E-state index contributed by atoms with van der Waals surface area (Å²) in [6.45, 7) is 6.20. The topological polar surface area (TPSA) is 97.6 Å². The van der Waals surface area contributed by atoms with Crippen molar-refractivity contribution in [3.8, 4) is 0 Å². The van der Waals surface area contributed by atoms with Crippen LogP contribution in [0.2, 0.25) is 0 Å². The van der Waals surface area contributed by atoms with Gasteiger partial charge in [0.2, 0.25) is 0 Å². The van der Waals surface area contributed by atoms with Crippen molar-refractivity contribution in [2.24, 2.45) is 5.41 Å². The Balaban J connectivity index is 1.79. The lowest BCUT2D eigenvalue weighted by atomic mass is 9.74. The largest absolute Gasteiger partial charge is 0.466 e. The molecule has 7 nitrogen and oxygen atoms in total. The highest BCUT2D eigenvalue weighted by molar-refractivity contribution is 7.89. The van der Waals surface area contributed by atoms with Crippen LogP contribution in [0.1, 0.15) is 53.8 Å². The molecule has 1 atom stereocenters. The maximum Gasteiger partial charge on any atom is 0.262 e. The van der Waals surface area contributed by atoms with Crippen LogP contribution in [0.4, 0.5) is 0 Å². The minimum Gasteiger partial charge on any atom is -0.466 e. The highest BCUT2D eigenvalue weighted by atomic mass is 32.2. The van der Waals surface area contributed by atoms with Crippen LogP contribution in [0.15, 0.2) is 39.6 Å². The number of amides is 1. The molecule has 146 valence electrons. The van der Waals surface area contributed by atoms with Crippen LogP contribution in [0.5, 0.6) is 0 Å². The predicted molar refractivity (Wildman–Crippen MR) is 99.5 cm³/mol. The molecule has 8 heteroatoms. The first-order valence-electron chi connectivity index (χ1n) is 8.66. The first-order valence-corrected chi connectivity index (χ1v) is 10.1. The number of hydrogen-bond donors (Lipinski definition) is 2. The minimum atomic E-state index is -3.75. The zero-order valence-corrected chi connectivity index (χ0v) is 16.6. The molecule has 27 heavy (non-hydrogen) atoms. The first-order chi connectivity index (χ1) is 12.6. The number of carbonyl (C=O) groups is 1. The van der Waals surface area contributed by atoms with Crippen molar-refractivity contribution >= 4 is 15.9 Å². The molecule has 0 saturated carbocycles. The van der Waals surface area contributed by atoms with Gasteiger partial charge in [0.15, 0.2) is 0 Å². The normalized spacial score (nSPS) is 18.7. The summed E-state index contributed by atoms with van der Waals surface area (Å²) in [5, 5.41) is 3.05. The van der Waals surface area contributed by atoms with Crippen LogP contribution in [0, 0.1) is 12.3 Å². The predicted octanol–water partition coefficient (Wildman–Crippen LogP) is 2.87. The van der Waals surface area contributed by atoms with E-state index in [1.54, 1.807) is 0 Å². The Labute approximate surface area is 159 Å². The summed E-state index contributed by atoms with van der Waals surface area (Å²) in [6, 6.07) is 7.53. The van der Waals surface area contributed by atoms with E-state index in [1.807, 2.05) is 17.9 Å². The first kappa shape index (κ1) is 19.6. The third-order valence-electron chi connectivity index (χ3n) is 4.66. The van der Waals surface area contributed by atoms with Crippen molar-refractivity contribution in [3.05, 3.63) is 53.0 Å². The van der Waals surface area contributed by atoms with Crippen LogP contribution in [0.25, 0.3) is 0 Å². The van der Waals surface area contributed by atoms with Crippen LogP contribution in [-0.2, 0) is 21.3 Å². The van der Waals surface area contributed by atoms with Crippen LogP contribution in [0.3, 0.4) is 0 Å². The number of furan rings is 1. The van der Waals surface area contributed by atoms with Crippen LogP contribution < -0.4 is 10.2 Å². The second-order valence-corrected chi connectivity index (χ2v) is 9.27. The summed E-state index contributed by atoms with van der Waals surface area (Å²) in [6.07, 6.45) is 1.64. The van der Waals surface area contributed by atoms with E-state index in [0.717, 1.165) is 29.9 Å². The number of benzene rings is 1. The molecular formula is C19H24N2O5S. The summed E-state index contributed by atoms with van der Waals surface area (Å²) in [5.74, 6) is 1.49. The molecule has 0 unspecified atom stereocenters. The van der Waals surface area contributed by atoms with Gasteiger partial charge in [-0.1, -0.05) is 18.7 Å². The van der Waals surface area contributed by atoms with Crippen LogP contribution in [-0.4, -0.2) is 21.4 Å². The molecule has 1 aromatic carbocycles. The Morgan fingerprint density at radius 2 is 1.93 bits per heavy atom. The maximum absolute atomic E-state index is 12.7. The SMILES string of the molecule is CONS(=O)(=O)c1ccc(C(=O)N[C@H]2CC(C)(C)Cc3oc(C)cc32)cc1.